The summed E-state index contributed by atoms with van der Waals surface area (Å²) >= 11 is 0. The van der Waals surface area contributed by atoms with Gasteiger partial charge < -0.3 is 4.90 Å². The molecule has 2 aliphatic heterocycles. The predicted octanol–water partition coefficient (Wildman–Crippen LogP) is 2.35. The van der Waals surface area contributed by atoms with Crippen LogP contribution in [-0.2, 0) is 0 Å². The van der Waals surface area contributed by atoms with Crippen LogP contribution in [0.5, 0.6) is 0 Å². The molecule has 3 rings (SSSR count). The van der Waals surface area contributed by atoms with Gasteiger partial charge in [-0.05, 0) is 44.5 Å². The molecule has 0 saturated carbocycles. The highest BCUT2D eigenvalue weighted by atomic mass is 16.1. The van der Waals surface area contributed by atoms with Crippen molar-refractivity contribution in [3.63, 3.8) is 0 Å². The van der Waals surface area contributed by atoms with Crippen molar-refractivity contribution >= 4 is 11.5 Å². The van der Waals surface area contributed by atoms with Crippen molar-refractivity contribution in [1.29, 1.82) is 0 Å². The molecule has 0 radical (unpaired) electrons. The lowest BCUT2D eigenvalue weighted by Crippen LogP contribution is -2.35. The number of nitrogens with zero attached hydrogens (tertiary/aromatic N) is 3. The molecule has 0 aromatic carbocycles. The fourth-order valence-corrected chi connectivity index (χ4v) is 3.30. The largest absolute Gasteiger partial charge is 0.369 e. The third-order valence-electron chi connectivity index (χ3n) is 4.54. The molecule has 0 aliphatic carbocycles. The number of hydrogen-bond acceptors (Lipinski definition) is 4. The number of Topliss-reactive ketones (excluding diaryl/α,β-unsaturated/α-hetero) is 1. The van der Waals surface area contributed by atoms with E-state index in [0.29, 0.717) is 18.2 Å². The first-order chi connectivity index (χ1) is 9.78. The van der Waals surface area contributed by atoms with E-state index < -0.39 is 0 Å². The first kappa shape index (κ1) is 13.6. The summed E-state index contributed by atoms with van der Waals surface area (Å²) in [5.41, 5.74) is 1.74. The molecular formula is C16H23N3O. The summed E-state index contributed by atoms with van der Waals surface area (Å²) in [4.78, 5) is 20.9. The lowest BCUT2D eigenvalue weighted by Gasteiger charge is -2.24. The molecule has 0 spiro atoms. The number of carbonyl (C=O) groups is 1. The second kappa shape index (κ2) is 5.92. The Kier molecular flexibility index (Phi) is 4.01. The Balaban J connectivity index is 1.63. The van der Waals surface area contributed by atoms with Crippen LogP contribution in [-0.4, -0.2) is 47.9 Å². The normalized spacial score (nSPS) is 23.4. The number of ketones is 1. The number of likely N-dealkylation sites (tertiary alicyclic amines) is 1. The Hall–Kier alpha value is -1.42. The average molecular weight is 273 g/mol. The van der Waals surface area contributed by atoms with E-state index in [2.05, 4.69) is 14.8 Å². The minimum atomic E-state index is 0.118. The zero-order chi connectivity index (χ0) is 13.9. The number of rotatable bonds is 4. The second-order valence-corrected chi connectivity index (χ2v) is 5.81. The van der Waals surface area contributed by atoms with Crippen LogP contribution >= 0.6 is 0 Å². The molecule has 1 atom stereocenters. The van der Waals surface area contributed by atoms with Gasteiger partial charge in [-0.2, -0.15) is 0 Å². The van der Waals surface area contributed by atoms with Gasteiger partial charge in [0.05, 0.1) is 11.9 Å². The summed E-state index contributed by atoms with van der Waals surface area (Å²) in [6, 6.07) is 4.61. The van der Waals surface area contributed by atoms with Crippen LogP contribution in [0.15, 0.2) is 18.3 Å². The molecule has 2 aliphatic rings. The zero-order valence-electron chi connectivity index (χ0n) is 12.2. The lowest BCUT2D eigenvalue weighted by molar-refractivity contribution is 0.0983. The minimum Gasteiger partial charge on any atom is -0.369 e. The molecule has 1 aromatic rings. The molecule has 3 heterocycles. The van der Waals surface area contributed by atoms with Gasteiger partial charge >= 0.3 is 0 Å². The van der Waals surface area contributed by atoms with Gasteiger partial charge in [0.25, 0.3) is 0 Å². The number of anilines is 1. The fraction of sp³-hybridized carbons (Fsp3) is 0.625. The molecule has 4 heteroatoms. The van der Waals surface area contributed by atoms with Crippen LogP contribution in [0.3, 0.4) is 0 Å². The third kappa shape index (κ3) is 2.70. The maximum atomic E-state index is 11.6. The van der Waals surface area contributed by atoms with E-state index >= 15 is 0 Å². The summed E-state index contributed by atoms with van der Waals surface area (Å²) in [6.07, 6.45) is 6.33. The maximum absolute atomic E-state index is 11.6. The second-order valence-electron chi connectivity index (χ2n) is 5.81. The van der Waals surface area contributed by atoms with Crippen LogP contribution < -0.4 is 4.90 Å². The summed E-state index contributed by atoms with van der Waals surface area (Å²) in [5, 5.41) is 0. The number of aromatic nitrogens is 1. The van der Waals surface area contributed by atoms with E-state index in [9.17, 15) is 4.79 Å². The van der Waals surface area contributed by atoms with Crippen molar-refractivity contribution in [2.75, 3.05) is 31.1 Å². The van der Waals surface area contributed by atoms with Crippen molar-refractivity contribution in [3.8, 4) is 0 Å². The highest BCUT2D eigenvalue weighted by molar-refractivity contribution is 5.94. The number of pyridine rings is 1. The Bertz CT molecular complexity index is 465. The van der Waals surface area contributed by atoms with Crippen LogP contribution in [0.4, 0.5) is 5.69 Å². The van der Waals surface area contributed by atoms with Crippen LogP contribution in [0, 0.1) is 0 Å². The van der Waals surface area contributed by atoms with E-state index in [1.165, 1.54) is 32.4 Å². The first-order valence-corrected chi connectivity index (χ1v) is 7.76. The summed E-state index contributed by atoms with van der Waals surface area (Å²) < 4.78 is 0. The maximum Gasteiger partial charge on any atom is 0.180 e. The zero-order valence-corrected chi connectivity index (χ0v) is 12.2. The van der Waals surface area contributed by atoms with Crippen molar-refractivity contribution < 1.29 is 4.79 Å². The quantitative estimate of drug-likeness (QED) is 0.789. The van der Waals surface area contributed by atoms with Crippen molar-refractivity contribution in [2.24, 2.45) is 0 Å². The smallest absolute Gasteiger partial charge is 0.180 e. The first-order valence-electron chi connectivity index (χ1n) is 7.76. The molecule has 0 bridgehead atoms. The molecule has 108 valence electrons. The van der Waals surface area contributed by atoms with Gasteiger partial charge in [-0.15, -0.1) is 0 Å². The predicted molar refractivity (Wildman–Crippen MR) is 80.3 cm³/mol. The van der Waals surface area contributed by atoms with Gasteiger partial charge in [0, 0.05) is 25.6 Å². The average Bonchev–Trinajstić information content (AvgIpc) is 3.17. The highest BCUT2D eigenvalue weighted by Crippen LogP contribution is 2.25. The van der Waals surface area contributed by atoms with Gasteiger partial charge in [-0.3, -0.25) is 14.7 Å². The van der Waals surface area contributed by atoms with E-state index in [-0.39, 0.29) is 5.78 Å². The molecule has 2 fully saturated rings. The van der Waals surface area contributed by atoms with E-state index in [4.69, 9.17) is 0 Å². The molecule has 0 N–H and O–H groups in total. The summed E-state index contributed by atoms with van der Waals surface area (Å²) in [6.45, 7) is 6.60. The van der Waals surface area contributed by atoms with Crippen molar-refractivity contribution in [3.05, 3.63) is 24.0 Å². The van der Waals surface area contributed by atoms with Gasteiger partial charge in [0.15, 0.2) is 5.78 Å². The van der Waals surface area contributed by atoms with Gasteiger partial charge in [0.1, 0.15) is 5.69 Å². The highest BCUT2D eigenvalue weighted by Gasteiger charge is 2.29. The van der Waals surface area contributed by atoms with Crippen LogP contribution in [0.25, 0.3) is 0 Å². The lowest BCUT2D eigenvalue weighted by atomic mass is 10.2. The Morgan fingerprint density at radius 1 is 1.30 bits per heavy atom. The van der Waals surface area contributed by atoms with Gasteiger partial charge in [-0.1, -0.05) is 6.92 Å². The minimum absolute atomic E-state index is 0.118. The third-order valence-corrected chi connectivity index (χ3v) is 4.54. The van der Waals surface area contributed by atoms with Crippen LogP contribution in [0.1, 0.15) is 43.1 Å². The number of carbonyl (C=O) groups excluding carboxylic acids is 1. The molecular weight excluding hydrogens is 250 g/mol. The fourth-order valence-electron chi connectivity index (χ4n) is 3.30. The Labute approximate surface area is 120 Å². The molecule has 1 aromatic heterocycles. The summed E-state index contributed by atoms with van der Waals surface area (Å²) in [7, 11) is 0. The summed E-state index contributed by atoms with van der Waals surface area (Å²) in [5.74, 6) is 0.118. The Morgan fingerprint density at radius 3 is 2.75 bits per heavy atom. The Morgan fingerprint density at radius 2 is 2.10 bits per heavy atom. The molecule has 4 nitrogen and oxygen atoms in total. The standard InChI is InChI=1S/C16H23N3O/c1-2-16(20)15-6-5-13(11-17-15)19-10-7-14(12-19)18-8-3-4-9-18/h5-6,11,14H,2-4,7-10,12H2,1H3. The SMILES string of the molecule is CCC(=O)c1ccc(N2CCC(N3CCCC3)C2)cn1. The molecule has 20 heavy (non-hydrogen) atoms. The van der Waals surface area contributed by atoms with E-state index in [1.54, 1.807) is 0 Å². The topological polar surface area (TPSA) is 36.4 Å². The molecule has 1 unspecified atom stereocenters. The van der Waals surface area contributed by atoms with Crippen molar-refractivity contribution in [2.45, 2.75) is 38.6 Å². The number of hydrogen-bond donors (Lipinski definition) is 0. The van der Waals surface area contributed by atoms with Crippen LogP contribution in [0.2, 0.25) is 0 Å². The van der Waals surface area contributed by atoms with Gasteiger partial charge in [-0.25, -0.2) is 0 Å². The van der Waals surface area contributed by atoms with Gasteiger partial charge in [0.2, 0.25) is 0 Å². The molecule has 0 amide bonds. The monoisotopic (exact) mass is 273 g/mol. The molecule has 2 saturated heterocycles. The van der Waals surface area contributed by atoms with Crippen molar-refractivity contribution in [1.82, 2.24) is 9.88 Å². The van der Waals surface area contributed by atoms with E-state index in [1.807, 2.05) is 25.3 Å². The van der Waals surface area contributed by atoms with E-state index in [0.717, 1.165) is 18.8 Å².